The summed E-state index contributed by atoms with van der Waals surface area (Å²) in [6.45, 7) is 8.51. The van der Waals surface area contributed by atoms with Crippen LogP contribution >= 0.6 is 11.6 Å². The number of anilines is 2. The molecule has 3 amide bonds. The minimum Gasteiger partial charge on any atom is -0.494 e. The fourth-order valence-corrected chi connectivity index (χ4v) is 7.77. The van der Waals surface area contributed by atoms with Gasteiger partial charge in [0.15, 0.2) is 0 Å². The van der Waals surface area contributed by atoms with Gasteiger partial charge in [-0.25, -0.2) is 0 Å². The summed E-state index contributed by atoms with van der Waals surface area (Å²) in [5.41, 5.74) is -1.29. The fraction of sp³-hybridized carbons (Fsp3) is 0.457. The Bertz CT molecular complexity index is 1520. The van der Waals surface area contributed by atoms with Crippen molar-refractivity contribution in [3.05, 3.63) is 77.9 Å². The molecule has 6 atom stereocenters. The number of likely N-dealkylation sites (tertiary alicyclic amines) is 1. The lowest BCUT2D eigenvalue weighted by Gasteiger charge is -2.40. The molecule has 9 nitrogen and oxygen atoms in total. The molecule has 0 radical (unpaired) electrons. The molecule has 2 aromatic rings. The van der Waals surface area contributed by atoms with Crippen LogP contribution < -0.4 is 14.5 Å². The number of hydrogen-bond donors (Lipinski definition) is 1. The number of nitrogens with zero attached hydrogens (tertiary/aromatic N) is 3. The summed E-state index contributed by atoms with van der Waals surface area (Å²) in [7, 11) is 0. The van der Waals surface area contributed by atoms with Crippen molar-refractivity contribution in [3.63, 3.8) is 0 Å². The van der Waals surface area contributed by atoms with E-state index in [1.54, 1.807) is 34.1 Å². The number of aliphatic hydroxyl groups excluding tert-OH is 1. The van der Waals surface area contributed by atoms with E-state index in [1.165, 1.54) is 4.90 Å². The van der Waals surface area contributed by atoms with Crippen LogP contribution in [0.3, 0.4) is 0 Å². The van der Waals surface area contributed by atoms with Gasteiger partial charge < -0.3 is 29.3 Å². The Kier molecular flexibility index (Phi) is 8.31. The number of rotatable bonds is 8. The lowest BCUT2D eigenvalue weighted by molar-refractivity contribution is -0.148. The van der Waals surface area contributed by atoms with Gasteiger partial charge in [0.05, 0.1) is 36.7 Å². The highest BCUT2D eigenvalue weighted by Gasteiger charge is 2.75. The lowest BCUT2D eigenvalue weighted by atomic mass is 9.74. The molecule has 45 heavy (non-hydrogen) atoms. The number of ether oxygens (including phenoxy) is 2. The van der Waals surface area contributed by atoms with E-state index >= 15 is 0 Å². The van der Waals surface area contributed by atoms with E-state index in [2.05, 4.69) is 0 Å². The summed E-state index contributed by atoms with van der Waals surface area (Å²) in [6, 6.07) is 12.5. The van der Waals surface area contributed by atoms with Gasteiger partial charge in [-0.15, -0.1) is 0 Å². The van der Waals surface area contributed by atoms with E-state index in [0.717, 1.165) is 0 Å². The van der Waals surface area contributed by atoms with Crippen molar-refractivity contribution in [2.75, 3.05) is 36.1 Å². The second kappa shape index (κ2) is 11.9. The molecular formula is C35H40ClN3O6. The first-order chi connectivity index (χ1) is 21.5. The number of aliphatic hydroxyl groups is 1. The van der Waals surface area contributed by atoms with Crippen LogP contribution in [0.25, 0.3) is 0 Å². The topological polar surface area (TPSA) is 99.6 Å². The average molecular weight is 634 g/mol. The van der Waals surface area contributed by atoms with E-state index in [0.29, 0.717) is 41.7 Å². The maximum absolute atomic E-state index is 14.8. The molecule has 10 heteroatoms. The Labute approximate surface area is 269 Å². The molecule has 1 spiro atoms. The quantitative estimate of drug-likeness (QED) is 0.426. The molecular weight excluding hydrogens is 594 g/mol. The molecule has 0 saturated carbocycles. The Hall–Kier alpha value is -3.66. The largest absolute Gasteiger partial charge is 0.494 e. The molecule has 1 N–H and O–H groups in total. The molecule has 0 bridgehead atoms. The van der Waals surface area contributed by atoms with Gasteiger partial charge in [-0.2, -0.15) is 0 Å². The van der Waals surface area contributed by atoms with Crippen LogP contribution in [0.5, 0.6) is 5.75 Å². The lowest BCUT2D eigenvalue weighted by Crippen LogP contribution is -2.59. The fourth-order valence-electron chi connectivity index (χ4n) is 7.65. The van der Waals surface area contributed by atoms with E-state index in [9.17, 15) is 19.5 Å². The third kappa shape index (κ3) is 5.15. The highest BCUT2D eigenvalue weighted by atomic mass is 35.5. The van der Waals surface area contributed by atoms with Crippen LogP contribution in [0.1, 0.15) is 34.1 Å². The molecule has 2 aromatic carbocycles. The van der Waals surface area contributed by atoms with E-state index in [-0.39, 0.29) is 36.8 Å². The zero-order valence-electron chi connectivity index (χ0n) is 26.1. The molecule has 4 heterocycles. The summed E-state index contributed by atoms with van der Waals surface area (Å²) in [5, 5.41) is 11.2. The average Bonchev–Trinajstić information content (AvgIpc) is 3.28. The second-order valence-corrected chi connectivity index (χ2v) is 13.3. The minimum atomic E-state index is -1.43. The highest BCUT2D eigenvalue weighted by molar-refractivity contribution is 6.30. The highest BCUT2D eigenvalue weighted by Crippen LogP contribution is 2.58. The predicted octanol–water partition coefficient (Wildman–Crippen LogP) is 4.62. The van der Waals surface area contributed by atoms with Gasteiger partial charge >= 0.3 is 0 Å². The molecule has 4 aliphatic rings. The summed E-state index contributed by atoms with van der Waals surface area (Å²) >= 11 is 6.15. The number of carbonyl (C=O) groups excluding carboxylic acids is 3. The van der Waals surface area contributed by atoms with Crippen molar-refractivity contribution in [2.45, 2.75) is 57.4 Å². The minimum absolute atomic E-state index is 0.138. The maximum atomic E-state index is 14.8. The van der Waals surface area contributed by atoms with Crippen molar-refractivity contribution in [1.82, 2.24) is 4.90 Å². The maximum Gasteiger partial charge on any atom is 0.253 e. The van der Waals surface area contributed by atoms with Crippen molar-refractivity contribution >= 4 is 40.7 Å². The smallest absolute Gasteiger partial charge is 0.253 e. The van der Waals surface area contributed by atoms with E-state index in [4.69, 9.17) is 21.1 Å². The zero-order valence-corrected chi connectivity index (χ0v) is 26.8. The van der Waals surface area contributed by atoms with Gasteiger partial charge in [0, 0.05) is 29.5 Å². The van der Waals surface area contributed by atoms with Gasteiger partial charge in [-0.1, -0.05) is 49.8 Å². The first-order valence-corrected chi connectivity index (χ1v) is 16.0. The zero-order chi connectivity index (χ0) is 32.1. The summed E-state index contributed by atoms with van der Waals surface area (Å²) in [6.07, 6.45) is 7.90. The Balaban J connectivity index is 1.46. The van der Waals surface area contributed by atoms with Crippen LogP contribution in [0.15, 0.2) is 72.8 Å². The van der Waals surface area contributed by atoms with Crippen LogP contribution in [0.2, 0.25) is 5.02 Å². The van der Waals surface area contributed by atoms with E-state index < -0.39 is 35.1 Å². The summed E-state index contributed by atoms with van der Waals surface area (Å²) < 4.78 is 12.6. The van der Waals surface area contributed by atoms with Gasteiger partial charge in [0.25, 0.3) is 5.91 Å². The number of benzene rings is 2. The standard InChI is InChI=1S/C35H40ClN3O6/c1-5-44-27-14-12-25(13-15-27)37-18-6-16-34(4)28(31(37)41)29-32(42)39(26(21-40)20-22(2)3)30-33(43)38(19-7-17-35(29,30)45-34)24-10-8-23(36)9-11-24/h6-17,22,26,28-30,40H,5,18-21H2,1-4H3/t26-,28-,29+,30?,34+,35+/m1/s1. The summed E-state index contributed by atoms with van der Waals surface area (Å²) in [4.78, 5) is 48.9. The number of amides is 3. The number of carbonyl (C=O) groups is 3. The molecule has 0 aliphatic carbocycles. The predicted molar refractivity (Wildman–Crippen MR) is 172 cm³/mol. The SMILES string of the molecule is CCOc1ccc(N2CC=C[C@]3(C)O[C@]45C=CCN(c6ccc(Cl)cc6)C(=O)C4N([C@@H](CO)CC(C)C)C(=O)[C@@H]5[C@@H]3C2=O)cc1. The molecule has 238 valence electrons. The third-order valence-corrected chi connectivity index (χ3v) is 9.69. The van der Waals surface area contributed by atoms with Gasteiger partial charge in [0.1, 0.15) is 17.4 Å². The second-order valence-electron chi connectivity index (χ2n) is 12.8. The van der Waals surface area contributed by atoms with Crippen molar-refractivity contribution in [3.8, 4) is 5.75 Å². The van der Waals surface area contributed by atoms with Crippen LogP contribution in [-0.2, 0) is 19.1 Å². The molecule has 2 saturated heterocycles. The monoisotopic (exact) mass is 633 g/mol. The van der Waals surface area contributed by atoms with Crippen LogP contribution in [0, 0.1) is 17.8 Å². The number of fused-ring (bicyclic) bond motifs is 2. The molecule has 2 fully saturated rings. The number of halogens is 1. The Morgan fingerprint density at radius 1 is 0.911 bits per heavy atom. The summed E-state index contributed by atoms with van der Waals surface area (Å²) in [5.74, 6) is -2.02. The van der Waals surface area contributed by atoms with E-state index in [1.807, 2.05) is 76.3 Å². The van der Waals surface area contributed by atoms with Gasteiger partial charge in [-0.3, -0.25) is 14.4 Å². The molecule has 4 aliphatic heterocycles. The first-order valence-electron chi connectivity index (χ1n) is 15.6. The van der Waals surface area contributed by atoms with Crippen LogP contribution in [0.4, 0.5) is 11.4 Å². The Morgan fingerprint density at radius 2 is 1.51 bits per heavy atom. The normalized spacial score (nSPS) is 29.9. The van der Waals surface area contributed by atoms with Gasteiger partial charge in [-0.05, 0) is 74.7 Å². The van der Waals surface area contributed by atoms with Gasteiger partial charge in [0.2, 0.25) is 11.8 Å². The Morgan fingerprint density at radius 3 is 2.11 bits per heavy atom. The third-order valence-electron chi connectivity index (χ3n) is 9.44. The molecule has 1 unspecified atom stereocenters. The van der Waals surface area contributed by atoms with Crippen LogP contribution in [-0.4, -0.2) is 77.3 Å². The molecule has 6 rings (SSSR count). The number of hydrogen-bond acceptors (Lipinski definition) is 6. The van der Waals surface area contributed by atoms with Crippen molar-refractivity contribution in [1.29, 1.82) is 0 Å². The molecule has 0 aromatic heterocycles. The van der Waals surface area contributed by atoms with Crippen molar-refractivity contribution in [2.24, 2.45) is 17.8 Å². The first kappa shape index (κ1) is 31.3. The van der Waals surface area contributed by atoms with Crippen molar-refractivity contribution < 1.29 is 29.0 Å².